The Hall–Kier alpha value is -3.53. The van der Waals surface area contributed by atoms with Crippen molar-refractivity contribution in [3.05, 3.63) is 91.0 Å². The number of carboxylic acid groups (broad SMARTS) is 1. The SMILES string of the molecule is CCOC(=O)C1=Cc2cc(I)ccc2OC1C(F)(F)F.O=C(O)C1=Cc2cc(-c3ccc(Br)cc3)ccc2OC1C(F)(F)F. The van der Waals surface area contributed by atoms with E-state index in [-0.39, 0.29) is 18.1 Å². The van der Waals surface area contributed by atoms with Gasteiger partial charge in [0.1, 0.15) is 11.5 Å². The number of halogens is 8. The molecule has 2 unspecified atom stereocenters. The van der Waals surface area contributed by atoms with Gasteiger partial charge in [0, 0.05) is 19.2 Å². The van der Waals surface area contributed by atoms with Crippen LogP contribution in [0.4, 0.5) is 26.3 Å². The zero-order valence-electron chi connectivity index (χ0n) is 22.3. The maximum absolute atomic E-state index is 13.0. The van der Waals surface area contributed by atoms with Gasteiger partial charge in [-0.3, -0.25) is 0 Å². The molecule has 2 aliphatic rings. The molecule has 0 saturated heterocycles. The van der Waals surface area contributed by atoms with Crippen LogP contribution in [-0.4, -0.2) is 48.2 Å². The van der Waals surface area contributed by atoms with E-state index in [4.69, 9.17) is 14.6 Å². The molecule has 0 saturated carbocycles. The number of hydrogen-bond acceptors (Lipinski definition) is 5. The minimum absolute atomic E-state index is 0.0000677. The van der Waals surface area contributed by atoms with E-state index in [0.29, 0.717) is 11.1 Å². The van der Waals surface area contributed by atoms with Crippen molar-refractivity contribution >= 4 is 62.6 Å². The standard InChI is InChI=1S/C17H10BrF3O3.C13H10F3IO3/c18-12-4-1-9(2-5-12)10-3-6-14-11(7-10)8-13(16(22)23)15(24-14)17(19,20)21;1-2-19-12(18)9-6-7-5-8(17)3-4-10(7)20-11(9)13(14,15)16/h1-8,15H,(H,22,23);3-6,11H,2H2,1H3. The molecular formula is C30H20BrF6IO6. The highest BCUT2D eigenvalue weighted by Gasteiger charge is 2.49. The lowest BCUT2D eigenvalue weighted by Crippen LogP contribution is -2.40. The molecule has 14 heteroatoms. The molecule has 2 heterocycles. The summed E-state index contributed by atoms with van der Waals surface area (Å²) in [5.74, 6) is -2.57. The lowest BCUT2D eigenvalue weighted by Gasteiger charge is -2.27. The topological polar surface area (TPSA) is 82.1 Å². The van der Waals surface area contributed by atoms with E-state index in [1.165, 1.54) is 25.1 Å². The number of carbonyl (C=O) groups is 2. The molecule has 2 atom stereocenters. The molecule has 0 aromatic heterocycles. The zero-order chi connectivity index (χ0) is 32.4. The summed E-state index contributed by atoms with van der Waals surface area (Å²) in [6, 6.07) is 16.7. The van der Waals surface area contributed by atoms with Crippen LogP contribution >= 0.6 is 38.5 Å². The molecule has 0 fully saturated rings. The summed E-state index contributed by atoms with van der Waals surface area (Å²) in [7, 11) is 0. The lowest BCUT2D eigenvalue weighted by molar-refractivity contribution is -0.187. The summed E-state index contributed by atoms with van der Waals surface area (Å²) in [4.78, 5) is 22.8. The Morgan fingerprint density at radius 3 is 1.86 bits per heavy atom. The molecule has 0 radical (unpaired) electrons. The van der Waals surface area contributed by atoms with E-state index >= 15 is 0 Å². The van der Waals surface area contributed by atoms with Crippen LogP contribution in [0.1, 0.15) is 18.1 Å². The molecule has 2 aliphatic heterocycles. The van der Waals surface area contributed by atoms with E-state index in [0.717, 1.165) is 25.2 Å². The average molecular weight is 797 g/mol. The molecule has 1 N–H and O–H groups in total. The number of alkyl halides is 6. The van der Waals surface area contributed by atoms with Crippen molar-refractivity contribution in [3.63, 3.8) is 0 Å². The number of ether oxygens (including phenoxy) is 3. The third-order valence-electron chi connectivity index (χ3n) is 6.19. The first-order chi connectivity index (χ1) is 20.6. The second-order valence-corrected chi connectivity index (χ2v) is 11.4. The van der Waals surface area contributed by atoms with Gasteiger partial charge < -0.3 is 19.3 Å². The Kier molecular flexibility index (Phi) is 10.0. The molecule has 6 nitrogen and oxygen atoms in total. The summed E-state index contributed by atoms with van der Waals surface area (Å²) in [5, 5.41) is 9.06. The van der Waals surface area contributed by atoms with Gasteiger partial charge in [0.15, 0.2) is 0 Å². The van der Waals surface area contributed by atoms with Crippen LogP contribution in [0.25, 0.3) is 23.3 Å². The van der Waals surface area contributed by atoms with E-state index in [1.807, 2.05) is 46.9 Å². The lowest BCUT2D eigenvalue weighted by atomic mass is 9.97. The molecule has 5 rings (SSSR count). The smallest absolute Gasteiger partial charge is 0.430 e. The molecule has 44 heavy (non-hydrogen) atoms. The Labute approximate surface area is 268 Å². The van der Waals surface area contributed by atoms with Gasteiger partial charge in [0.2, 0.25) is 12.2 Å². The van der Waals surface area contributed by atoms with Gasteiger partial charge >= 0.3 is 24.3 Å². The van der Waals surface area contributed by atoms with Crippen molar-refractivity contribution in [2.45, 2.75) is 31.5 Å². The van der Waals surface area contributed by atoms with Crippen LogP contribution in [0.2, 0.25) is 0 Å². The van der Waals surface area contributed by atoms with Crippen molar-refractivity contribution in [2.24, 2.45) is 0 Å². The van der Waals surface area contributed by atoms with Crippen LogP contribution in [0.15, 0.2) is 76.3 Å². The number of rotatable bonds is 4. The monoisotopic (exact) mass is 796 g/mol. The van der Waals surface area contributed by atoms with E-state index in [9.17, 15) is 35.9 Å². The number of hydrogen-bond donors (Lipinski definition) is 1. The molecule has 0 spiro atoms. The van der Waals surface area contributed by atoms with E-state index in [2.05, 4.69) is 20.7 Å². The van der Waals surface area contributed by atoms with Gasteiger partial charge in [-0.25, -0.2) is 9.59 Å². The maximum Gasteiger partial charge on any atom is 0.430 e. The molecule has 0 amide bonds. The van der Waals surface area contributed by atoms with E-state index < -0.39 is 47.6 Å². The van der Waals surface area contributed by atoms with Gasteiger partial charge in [-0.2, -0.15) is 26.3 Å². The summed E-state index contributed by atoms with van der Waals surface area (Å²) >= 11 is 5.35. The van der Waals surface area contributed by atoms with Crippen LogP contribution in [-0.2, 0) is 14.3 Å². The molecule has 0 aliphatic carbocycles. The second-order valence-electron chi connectivity index (χ2n) is 9.25. The Bertz CT molecular complexity index is 1630. The molecule has 0 bridgehead atoms. The van der Waals surface area contributed by atoms with Crippen LogP contribution in [0.3, 0.4) is 0 Å². The fraction of sp³-hybridized carbons (Fsp3) is 0.200. The highest BCUT2D eigenvalue weighted by atomic mass is 127. The normalized spacial score (nSPS) is 17.3. The van der Waals surface area contributed by atoms with Crippen molar-refractivity contribution in [1.82, 2.24) is 0 Å². The van der Waals surface area contributed by atoms with Crippen molar-refractivity contribution in [3.8, 4) is 22.6 Å². The second kappa shape index (κ2) is 13.2. The highest BCUT2D eigenvalue weighted by Crippen LogP contribution is 2.40. The average Bonchev–Trinajstić information content (AvgIpc) is 2.95. The van der Waals surface area contributed by atoms with Gasteiger partial charge in [0.05, 0.1) is 17.8 Å². The molecule has 232 valence electrons. The Morgan fingerprint density at radius 1 is 0.818 bits per heavy atom. The van der Waals surface area contributed by atoms with Gasteiger partial charge in [-0.05, 0) is 95.3 Å². The number of esters is 1. The minimum atomic E-state index is -4.80. The summed E-state index contributed by atoms with van der Waals surface area (Å²) in [6.07, 6.45) is -12.1. The van der Waals surface area contributed by atoms with Gasteiger partial charge in [-0.1, -0.05) is 34.1 Å². The summed E-state index contributed by atoms with van der Waals surface area (Å²) < 4.78 is 94.2. The largest absolute Gasteiger partial charge is 0.478 e. The summed E-state index contributed by atoms with van der Waals surface area (Å²) in [5.41, 5.74) is 0.964. The fourth-order valence-corrected chi connectivity index (χ4v) is 5.02. The Morgan fingerprint density at radius 2 is 1.32 bits per heavy atom. The predicted octanol–water partition coefficient (Wildman–Crippen LogP) is 8.47. The first kappa shape index (κ1) is 33.4. The minimum Gasteiger partial charge on any atom is -0.478 e. The molecule has 3 aromatic carbocycles. The van der Waals surface area contributed by atoms with Crippen LogP contribution in [0, 0.1) is 3.57 Å². The highest BCUT2D eigenvalue weighted by molar-refractivity contribution is 14.1. The third-order valence-corrected chi connectivity index (χ3v) is 7.39. The van der Waals surface area contributed by atoms with Crippen molar-refractivity contribution < 1.29 is 55.2 Å². The zero-order valence-corrected chi connectivity index (χ0v) is 26.0. The number of carbonyl (C=O) groups excluding carboxylic acids is 1. The predicted molar refractivity (Wildman–Crippen MR) is 160 cm³/mol. The van der Waals surface area contributed by atoms with E-state index in [1.54, 1.807) is 24.3 Å². The fourth-order valence-electron chi connectivity index (χ4n) is 4.24. The first-order valence-electron chi connectivity index (χ1n) is 12.6. The maximum atomic E-state index is 13.0. The van der Waals surface area contributed by atoms with Crippen LogP contribution < -0.4 is 9.47 Å². The molecule has 3 aromatic rings. The van der Waals surface area contributed by atoms with Crippen molar-refractivity contribution in [1.29, 1.82) is 0 Å². The van der Waals surface area contributed by atoms with Crippen LogP contribution in [0.5, 0.6) is 11.5 Å². The number of benzene rings is 3. The first-order valence-corrected chi connectivity index (χ1v) is 14.5. The number of carboxylic acids is 1. The number of fused-ring (bicyclic) bond motifs is 2. The molecular weight excluding hydrogens is 777 g/mol. The third kappa shape index (κ3) is 7.75. The van der Waals surface area contributed by atoms with Crippen molar-refractivity contribution in [2.75, 3.05) is 6.61 Å². The quantitative estimate of drug-likeness (QED) is 0.162. The Balaban J connectivity index is 0.000000204. The summed E-state index contributed by atoms with van der Waals surface area (Å²) in [6.45, 7) is 1.53. The van der Waals surface area contributed by atoms with Gasteiger partial charge in [0.25, 0.3) is 0 Å². The number of aliphatic carboxylic acids is 1. The van der Waals surface area contributed by atoms with Gasteiger partial charge in [-0.15, -0.1) is 0 Å².